The molecule has 1 aliphatic rings. The van der Waals surface area contributed by atoms with Gasteiger partial charge in [-0.3, -0.25) is 14.5 Å². The summed E-state index contributed by atoms with van der Waals surface area (Å²) >= 11 is 1.49. The number of carbonyl (C=O) groups is 3. The molecule has 1 N–H and O–H groups in total. The van der Waals surface area contributed by atoms with E-state index in [1.165, 1.54) is 11.8 Å². The van der Waals surface area contributed by atoms with Crippen LogP contribution in [0, 0.1) is 0 Å². The van der Waals surface area contributed by atoms with Crippen LogP contribution in [0.5, 0.6) is 0 Å². The zero-order valence-electron chi connectivity index (χ0n) is 11.0. The zero-order chi connectivity index (χ0) is 14.7. The third kappa shape index (κ3) is 2.70. The molecule has 0 spiro atoms. The second-order valence-electron chi connectivity index (χ2n) is 4.54. The molecule has 0 fully saturated rings. The van der Waals surface area contributed by atoms with Crippen LogP contribution in [-0.2, 0) is 16.0 Å². The molecule has 106 valence electrons. The van der Waals surface area contributed by atoms with E-state index in [-0.39, 0.29) is 12.8 Å². The molecule has 0 radical (unpaired) electrons. The summed E-state index contributed by atoms with van der Waals surface area (Å²) < 4.78 is 0. The van der Waals surface area contributed by atoms with Crippen molar-refractivity contribution < 1.29 is 19.5 Å². The van der Waals surface area contributed by atoms with E-state index in [9.17, 15) is 19.5 Å². The number of benzene rings is 1. The maximum absolute atomic E-state index is 12.4. The Balaban J connectivity index is 2.34. The molecule has 1 aliphatic heterocycles. The first-order valence-electron chi connectivity index (χ1n) is 6.22. The number of rotatable bonds is 5. The smallest absolute Gasteiger partial charge is 0.326 e. The SMILES string of the molecule is CSCCC(C(=O)O)N1C(=O)Cc2ccccc2C1=O. The van der Waals surface area contributed by atoms with Crippen LogP contribution < -0.4 is 0 Å². The van der Waals surface area contributed by atoms with Gasteiger partial charge in [0.1, 0.15) is 6.04 Å². The van der Waals surface area contributed by atoms with E-state index in [2.05, 4.69) is 0 Å². The minimum atomic E-state index is -1.14. The lowest BCUT2D eigenvalue weighted by atomic mass is 9.96. The average Bonchev–Trinajstić information content (AvgIpc) is 2.42. The van der Waals surface area contributed by atoms with Crippen LogP contribution in [0.4, 0.5) is 0 Å². The largest absolute Gasteiger partial charge is 0.480 e. The predicted octanol–water partition coefficient (Wildman–Crippen LogP) is 1.42. The highest BCUT2D eigenvalue weighted by molar-refractivity contribution is 7.98. The summed E-state index contributed by atoms with van der Waals surface area (Å²) in [6.45, 7) is 0. The van der Waals surface area contributed by atoms with Crippen molar-refractivity contribution in [3.8, 4) is 0 Å². The van der Waals surface area contributed by atoms with E-state index in [0.717, 1.165) is 4.90 Å². The minimum Gasteiger partial charge on any atom is -0.480 e. The lowest BCUT2D eigenvalue weighted by Gasteiger charge is -2.31. The molecular formula is C14H15NO4S. The van der Waals surface area contributed by atoms with E-state index < -0.39 is 23.8 Å². The van der Waals surface area contributed by atoms with Crippen LogP contribution in [0.3, 0.4) is 0 Å². The molecule has 2 amide bonds. The van der Waals surface area contributed by atoms with Gasteiger partial charge < -0.3 is 5.11 Å². The summed E-state index contributed by atoms with van der Waals surface area (Å²) in [7, 11) is 0. The average molecular weight is 293 g/mol. The van der Waals surface area contributed by atoms with Crippen LogP contribution in [0.2, 0.25) is 0 Å². The third-order valence-electron chi connectivity index (χ3n) is 3.27. The molecule has 1 atom stereocenters. The fourth-order valence-corrected chi connectivity index (χ4v) is 2.74. The van der Waals surface area contributed by atoms with Crippen molar-refractivity contribution in [2.75, 3.05) is 12.0 Å². The number of aliphatic carboxylic acids is 1. The van der Waals surface area contributed by atoms with Crippen LogP contribution in [-0.4, -0.2) is 45.8 Å². The molecule has 6 heteroatoms. The fourth-order valence-electron chi connectivity index (χ4n) is 2.28. The predicted molar refractivity (Wildman–Crippen MR) is 75.7 cm³/mol. The van der Waals surface area contributed by atoms with Crippen molar-refractivity contribution in [1.29, 1.82) is 0 Å². The van der Waals surface area contributed by atoms with Gasteiger partial charge in [0.15, 0.2) is 0 Å². The Morgan fingerprint density at radius 3 is 2.75 bits per heavy atom. The Kier molecular flexibility index (Phi) is 4.44. The molecular weight excluding hydrogens is 278 g/mol. The number of imide groups is 1. The number of carboxylic acids is 1. The van der Waals surface area contributed by atoms with Gasteiger partial charge in [0.05, 0.1) is 6.42 Å². The lowest BCUT2D eigenvalue weighted by Crippen LogP contribution is -2.52. The maximum atomic E-state index is 12.4. The lowest BCUT2D eigenvalue weighted by molar-refractivity contribution is -0.148. The molecule has 0 saturated heterocycles. The number of carbonyl (C=O) groups excluding carboxylic acids is 2. The molecule has 0 aliphatic carbocycles. The summed E-state index contributed by atoms with van der Waals surface area (Å²) in [5.41, 5.74) is 1.08. The number of fused-ring (bicyclic) bond motifs is 1. The number of hydrogen-bond donors (Lipinski definition) is 1. The van der Waals surface area contributed by atoms with Gasteiger partial charge in [-0.25, -0.2) is 4.79 Å². The molecule has 1 aromatic rings. The van der Waals surface area contributed by atoms with Crippen molar-refractivity contribution in [2.24, 2.45) is 0 Å². The van der Waals surface area contributed by atoms with E-state index in [0.29, 0.717) is 16.9 Å². The maximum Gasteiger partial charge on any atom is 0.326 e. The van der Waals surface area contributed by atoms with Crippen molar-refractivity contribution in [2.45, 2.75) is 18.9 Å². The van der Waals surface area contributed by atoms with E-state index in [1.807, 2.05) is 6.26 Å². The van der Waals surface area contributed by atoms with E-state index >= 15 is 0 Å². The Morgan fingerprint density at radius 1 is 1.40 bits per heavy atom. The van der Waals surface area contributed by atoms with Gasteiger partial charge >= 0.3 is 5.97 Å². The Morgan fingerprint density at radius 2 is 2.10 bits per heavy atom. The number of nitrogens with zero attached hydrogens (tertiary/aromatic N) is 1. The molecule has 5 nitrogen and oxygen atoms in total. The fraction of sp³-hybridized carbons (Fsp3) is 0.357. The van der Waals surface area contributed by atoms with Crippen LogP contribution in [0.15, 0.2) is 24.3 Å². The monoisotopic (exact) mass is 293 g/mol. The van der Waals surface area contributed by atoms with Crippen molar-refractivity contribution in [1.82, 2.24) is 4.90 Å². The highest BCUT2D eigenvalue weighted by Gasteiger charge is 2.38. The number of carboxylic acid groups (broad SMARTS) is 1. The van der Waals surface area contributed by atoms with Gasteiger partial charge in [0.2, 0.25) is 5.91 Å². The van der Waals surface area contributed by atoms with E-state index in [4.69, 9.17) is 0 Å². The normalized spacial score (nSPS) is 15.9. The molecule has 0 aromatic heterocycles. The zero-order valence-corrected chi connectivity index (χ0v) is 11.9. The summed E-state index contributed by atoms with van der Waals surface area (Å²) in [5, 5.41) is 9.28. The van der Waals surface area contributed by atoms with Gasteiger partial charge in [0, 0.05) is 5.56 Å². The molecule has 0 saturated carbocycles. The standard InChI is InChI=1S/C14H15NO4S/c1-20-7-6-11(14(18)19)15-12(16)8-9-4-2-3-5-10(9)13(15)17/h2-5,11H,6-8H2,1H3,(H,18,19). The number of thioether (sulfide) groups is 1. The van der Waals surface area contributed by atoms with Crippen molar-refractivity contribution in [3.05, 3.63) is 35.4 Å². The molecule has 20 heavy (non-hydrogen) atoms. The second kappa shape index (κ2) is 6.09. The molecule has 1 heterocycles. The number of hydrogen-bond acceptors (Lipinski definition) is 4. The van der Waals surface area contributed by atoms with Crippen molar-refractivity contribution >= 4 is 29.5 Å². The Labute approximate surface area is 121 Å². The quantitative estimate of drug-likeness (QED) is 0.831. The molecule has 2 rings (SSSR count). The first kappa shape index (κ1) is 14.6. The minimum absolute atomic E-state index is 0.0744. The molecule has 0 bridgehead atoms. The van der Waals surface area contributed by atoms with Gasteiger partial charge in [-0.15, -0.1) is 0 Å². The highest BCUT2D eigenvalue weighted by atomic mass is 32.2. The Bertz CT molecular complexity index is 558. The first-order chi connectivity index (χ1) is 9.56. The van der Waals surface area contributed by atoms with Crippen molar-refractivity contribution in [3.63, 3.8) is 0 Å². The van der Waals surface area contributed by atoms with Gasteiger partial charge in [-0.05, 0) is 30.1 Å². The van der Waals surface area contributed by atoms with Crippen LogP contribution >= 0.6 is 11.8 Å². The second-order valence-corrected chi connectivity index (χ2v) is 5.52. The number of amides is 2. The van der Waals surface area contributed by atoms with Crippen LogP contribution in [0.25, 0.3) is 0 Å². The summed E-state index contributed by atoms with van der Waals surface area (Å²) in [6, 6.07) is 5.74. The van der Waals surface area contributed by atoms with Crippen LogP contribution in [0.1, 0.15) is 22.3 Å². The highest BCUT2D eigenvalue weighted by Crippen LogP contribution is 2.23. The van der Waals surface area contributed by atoms with Gasteiger partial charge in [-0.2, -0.15) is 11.8 Å². The summed E-state index contributed by atoms with van der Waals surface area (Å²) in [6.07, 6.45) is 2.19. The van der Waals surface area contributed by atoms with Gasteiger partial charge in [-0.1, -0.05) is 18.2 Å². The first-order valence-corrected chi connectivity index (χ1v) is 7.61. The van der Waals surface area contributed by atoms with Gasteiger partial charge in [0.25, 0.3) is 5.91 Å². The topological polar surface area (TPSA) is 74.7 Å². The third-order valence-corrected chi connectivity index (χ3v) is 3.91. The molecule has 1 unspecified atom stereocenters. The Hall–Kier alpha value is -1.82. The van der Waals surface area contributed by atoms with E-state index in [1.54, 1.807) is 24.3 Å². The summed E-state index contributed by atoms with van der Waals surface area (Å²) in [4.78, 5) is 36.7. The molecule has 1 aromatic carbocycles. The summed E-state index contributed by atoms with van der Waals surface area (Å²) in [5.74, 6) is -1.51.